The van der Waals surface area contributed by atoms with E-state index in [1.54, 1.807) is 7.11 Å². The molecular formula is C17H37NO2. The Balaban J connectivity index is 0. The van der Waals surface area contributed by atoms with Crippen LogP contribution in [0.25, 0.3) is 0 Å². The number of amides is 1. The van der Waals surface area contributed by atoms with Gasteiger partial charge in [-0.3, -0.25) is 4.79 Å². The number of ether oxygens (including phenoxy) is 1. The third-order valence-electron chi connectivity index (χ3n) is 3.09. The highest BCUT2D eigenvalue weighted by atomic mass is 16.5. The first kappa shape index (κ1) is 21.7. The molecule has 0 saturated carbocycles. The van der Waals surface area contributed by atoms with Crippen molar-refractivity contribution in [2.24, 2.45) is 11.3 Å². The summed E-state index contributed by atoms with van der Waals surface area (Å²) in [5.74, 6) is 0.743. The molecule has 0 spiro atoms. The summed E-state index contributed by atoms with van der Waals surface area (Å²) in [4.78, 5) is 12.0. The van der Waals surface area contributed by atoms with Gasteiger partial charge < -0.3 is 10.1 Å². The SMILES string of the molecule is CC.COCCCCCCNC(=O)C(C)(C)CC(C)C. The van der Waals surface area contributed by atoms with E-state index in [0.29, 0.717) is 5.92 Å². The quantitative estimate of drug-likeness (QED) is 0.604. The summed E-state index contributed by atoms with van der Waals surface area (Å²) >= 11 is 0. The maximum Gasteiger partial charge on any atom is 0.225 e. The molecule has 0 radical (unpaired) electrons. The van der Waals surface area contributed by atoms with Gasteiger partial charge in [-0.15, -0.1) is 0 Å². The predicted octanol–water partition coefficient (Wildman–Crippen LogP) is 4.41. The first-order valence-corrected chi connectivity index (χ1v) is 8.17. The molecule has 0 aromatic heterocycles. The molecule has 0 heterocycles. The van der Waals surface area contributed by atoms with Gasteiger partial charge in [0.15, 0.2) is 0 Å². The molecule has 0 aromatic carbocycles. The zero-order chi connectivity index (χ0) is 16.0. The van der Waals surface area contributed by atoms with E-state index in [1.165, 1.54) is 6.42 Å². The van der Waals surface area contributed by atoms with Crippen LogP contribution in [0.3, 0.4) is 0 Å². The first-order chi connectivity index (χ1) is 9.40. The van der Waals surface area contributed by atoms with Gasteiger partial charge in [0.25, 0.3) is 0 Å². The Hall–Kier alpha value is -0.570. The van der Waals surface area contributed by atoms with Gasteiger partial charge in [0.05, 0.1) is 0 Å². The number of hydrogen-bond donors (Lipinski definition) is 1. The summed E-state index contributed by atoms with van der Waals surface area (Å²) in [5.41, 5.74) is -0.246. The van der Waals surface area contributed by atoms with Crippen molar-refractivity contribution in [2.45, 2.75) is 73.6 Å². The number of carbonyl (C=O) groups is 1. The van der Waals surface area contributed by atoms with Crippen LogP contribution >= 0.6 is 0 Å². The van der Waals surface area contributed by atoms with Gasteiger partial charge in [0.2, 0.25) is 5.91 Å². The molecule has 3 nitrogen and oxygen atoms in total. The second-order valence-corrected chi connectivity index (χ2v) is 6.14. The number of unbranched alkanes of at least 4 members (excludes halogenated alkanes) is 3. The predicted molar refractivity (Wildman–Crippen MR) is 87.9 cm³/mol. The molecule has 0 aliphatic heterocycles. The minimum atomic E-state index is -0.246. The molecule has 1 N–H and O–H groups in total. The zero-order valence-corrected chi connectivity index (χ0v) is 14.8. The van der Waals surface area contributed by atoms with Crippen LogP contribution in [0.2, 0.25) is 0 Å². The van der Waals surface area contributed by atoms with Crippen molar-refractivity contribution in [3.8, 4) is 0 Å². The van der Waals surface area contributed by atoms with Crippen LogP contribution < -0.4 is 5.32 Å². The van der Waals surface area contributed by atoms with Crippen molar-refractivity contribution in [3.63, 3.8) is 0 Å². The van der Waals surface area contributed by atoms with Gasteiger partial charge in [0, 0.05) is 25.7 Å². The van der Waals surface area contributed by atoms with Crippen LogP contribution in [-0.4, -0.2) is 26.2 Å². The average Bonchev–Trinajstić information content (AvgIpc) is 2.38. The van der Waals surface area contributed by atoms with Gasteiger partial charge in [-0.2, -0.15) is 0 Å². The lowest BCUT2D eigenvalue weighted by Gasteiger charge is -2.25. The van der Waals surface area contributed by atoms with Crippen LogP contribution in [-0.2, 0) is 9.53 Å². The zero-order valence-electron chi connectivity index (χ0n) is 14.8. The topological polar surface area (TPSA) is 38.3 Å². The monoisotopic (exact) mass is 287 g/mol. The molecule has 0 aliphatic rings. The molecule has 0 aliphatic carbocycles. The number of methoxy groups -OCH3 is 1. The molecule has 0 bridgehead atoms. The largest absolute Gasteiger partial charge is 0.385 e. The second-order valence-electron chi connectivity index (χ2n) is 6.14. The molecule has 3 heteroatoms. The van der Waals surface area contributed by atoms with E-state index in [0.717, 1.165) is 38.8 Å². The smallest absolute Gasteiger partial charge is 0.225 e. The fourth-order valence-corrected chi connectivity index (χ4v) is 2.28. The highest BCUT2D eigenvalue weighted by Gasteiger charge is 2.27. The Labute approximate surface area is 126 Å². The van der Waals surface area contributed by atoms with Crippen molar-refractivity contribution < 1.29 is 9.53 Å². The van der Waals surface area contributed by atoms with Gasteiger partial charge in [-0.05, 0) is 25.2 Å². The highest BCUT2D eigenvalue weighted by Crippen LogP contribution is 2.25. The van der Waals surface area contributed by atoms with Crippen LogP contribution in [0.4, 0.5) is 0 Å². The molecule has 0 atom stereocenters. The van der Waals surface area contributed by atoms with Crippen molar-refractivity contribution in [1.82, 2.24) is 5.32 Å². The maximum atomic E-state index is 12.0. The molecule has 0 fully saturated rings. The standard InChI is InChI=1S/C15H31NO2.C2H6/c1-13(2)12-15(3,4)14(17)16-10-8-6-7-9-11-18-5;1-2/h13H,6-12H2,1-5H3,(H,16,17);1-2H3. The van der Waals surface area contributed by atoms with E-state index in [2.05, 4.69) is 19.2 Å². The lowest BCUT2D eigenvalue weighted by atomic mass is 9.83. The van der Waals surface area contributed by atoms with E-state index in [-0.39, 0.29) is 11.3 Å². The minimum Gasteiger partial charge on any atom is -0.385 e. The lowest BCUT2D eigenvalue weighted by molar-refractivity contribution is -0.130. The Morgan fingerprint density at radius 2 is 1.65 bits per heavy atom. The molecule has 0 rings (SSSR count). The first-order valence-electron chi connectivity index (χ1n) is 8.17. The van der Waals surface area contributed by atoms with E-state index >= 15 is 0 Å². The molecule has 1 amide bonds. The normalized spacial score (nSPS) is 11.0. The molecule has 0 aromatic rings. The van der Waals surface area contributed by atoms with E-state index in [1.807, 2.05) is 27.7 Å². The van der Waals surface area contributed by atoms with E-state index < -0.39 is 0 Å². The average molecular weight is 287 g/mol. The second kappa shape index (κ2) is 13.4. The molecule has 122 valence electrons. The Bertz CT molecular complexity index is 225. The highest BCUT2D eigenvalue weighted by molar-refractivity contribution is 5.81. The van der Waals surface area contributed by atoms with Gasteiger partial charge in [0.1, 0.15) is 0 Å². The molecule has 0 saturated heterocycles. The van der Waals surface area contributed by atoms with Crippen molar-refractivity contribution in [2.75, 3.05) is 20.3 Å². The fraction of sp³-hybridized carbons (Fsp3) is 0.941. The fourth-order valence-electron chi connectivity index (χ4n) is 2.28. The van der Waals surface area contributed by atoms with Crippen molar-refractivity contribution in [3.05, 3.63) is 0 Å². The van der Waals surface area contributed by atoms with Gasteiger partial charge in [-0.25, -0.2) is 0 Å². The van der Waals surface area contributed by atoms with Crippen LogP contribution in [0.1, 0.15) is 73.6 Å². The summed E-state index contributed by atoms with van der Waals surface area (Å²) in [7, 11) is 1.73. The third kappa shape index (κ3) is 12.5. The summed E-state index contributed by atoms with van der Waals surface area (Å²) in [6, 6.07) is 0. The van der Waals surface area contributed by atoms with Crippen molar-refractivity contribution >= 4 is 5.91 Å². The third-order valence-corrected chi connectivity index (χ3v) is 3.09. The van der Waals surface area contributed by atoms with Gasteiger partial charge in [-0.1, -0.05) is 54.4 Å². The van der Waals surface area contributed by atoms with E-state index in [4.69, 9.17) is 4.74 Å². The molecule has 20 heavy (non-hydrogen) atoms. The summed E-state index contributed by atoms with van der Waals surface area (Å²) in [6.07, 6.45) is 5.45. The molecule has 0 unspecified atom stereocenters. The number of carbonyl (C=O) groups excluding carboxylic acids is 1. The Morgan fingerprint density at radius 3 is 2.15 bits per heavy atom. The Morgan fingerprint density at radius 1 is 1.10 bits per heavy atom. The van der Waals surface area contributed by atoms with Crippen LogP contribution in [0.15, 0.2) is 0 Å². The summed E-state index contributed by atoms with van der Waals surface area (Å²) in [5, 5.41) is 3.05. The van der Waals surface area contributed by atoms with Gasteiger partial charge >= 0.3 is 0 Å². The number of hydrogen-bond acceptors (Lipinski definition) is 2. The maximum absolute atomic E-state index is 12.0. The number of rotatable bonds is 10. The summed E-state index contributed by atoms with van der Waals surface area (Å²) < 4.78 is 5.00. The minimum absolute atomic E-state index is 0.188. The Kier molecular flexibility index (Phi) is 14.6. The lowest BCUT2D eigenvalue weighted by Crippen LogP contribution is -2.38. The van der Waals surface area contributed by atoms with Crippen molar-refractivity contribution in [1.29, 1.82) is 0 Å². The molecular weight excluding hydrogens is 250 g/mol. The number of nitrogens with one attached hydrogen (secondary N) is 1. The van der Waals surface area contributed by atoms with Crippen LogP contribution in [0.5, 0.6) is 0 Å². The van der Waals surface area contributed by atoms with Crippen LogP contribution in [0, 0.1) is 11.3 Å². The summed E-state index contributed by atoms with van der Waals surface area (Å²) in [6.45, 7) is 14.0. The van der Waals surface area contributed by atoms with E-state index in [9.17, 15) is 4.79 Å².